The van der Waals surface area contributed by atoms with Gasteiger partial charge in [-0.2, -0.15) is 22.0 Å². The van der Waals surface area contributed by atoms with Crippen molar-refractivity contribution in [2.75, 3.05) is 0 Å². The van der Waals surface area contributed by atoms with Gasteiger partial charge < -0.3 is 14.0 Å². The van der Waals surface area contributed by atoms with E-state index in [9.17, 15) is 44.5 Å². The Morgan fingerprint density at radius 2 is 1.70 bits per heavy atom. The number of hydrogen-bond donors (Lipinski definition) is 0. The zero-order chi connectivity index (χ0) is 18.6. The second kappa shape index (κ2) is 7.21. The van der Waals surface area contributed by atoms with E-state index in [1.165, 1.54) is 0 Å². The molecule has 0 aromatic carbocycles. The predicted octanol–water partition coefficient (Wildman–Crippen LogP) is 1.11. The Kier molecular flexibility index (Phi) is 6.66. The number of esters is 2. The molecule has 0 rings (SSSR count). The van der Waals surface area contributed by atoms with Crippen LogP contribution >= 0.6 is 0 Å². The van der Waals surface area contributed by atoms with Gasteiger partial charge in [0.05, 0.1) is 6.42 Å². The summed E-state index contributed by atoms with van der Waals surface area (Å²) < 4.78 is 102. The molecular formula is C10H10F5O7S-. The number of carbonyl (C=O) groups excluding carboxylic acids is 2. The predicted molar refractivity (Wildman–Crippen MR) is 60.9 cm³/mol. The number of ether oxygens (including phenoxy) is 2. The first-order chi connectivity index (χ1) is 10.1. The first kappa shape index (κ1) is 21.2. The molecule has 0 fully saturated rings. The van der Waals surface area contributed by atoms with Gasteiger partial charge in [-0.1, -0.05) is 6.58 Å². The first-order valence-electron chi connectivity index (χ1n) is 5.55. The zero-order valence-electron chi connectivity index (χ0n) is 11.3. The molecule has 0 N–H and O–H groups in total. The summed E-state index contributed by atoms with van der Waals surface area (Å²) in [6.45, 7) is 4.01. The lowest BCUT2D eigenvalue weighted by Crippen LogP contribution is -2.52. The molecule has 0 aliphatic carbocycles. The number of halogens is 5. The summed E-state index contributed by atoms with van der Waals surface area (Å²) in [4.78, 5) is 21.9. The summed E-state index contributed by atoms with van der Waals surface area (Å²) in [5, 5.41) is -5.93. The summed E-state index contributed by atoms with van der Waals surface area (Å²) in [5.74, 6) is -3.01. The molecule has 0 heterocycles. The fraction of sp³-hybridized carbons (Fsp3) is 0.600. The van der Waals surface area contributed by atoms with Gasteiger partial charge in [0.2, 0.25) is 0 Å². The lowest BCUT2D eigenvalue weighted by Gasteiger charge is -2.29. The highest BCUT2D eigenvalue weighted by atomic mass is 32.2. The molecule has 0 amide bonds. The molecule has 0 radical (unpaired) electrons. The Morgan fingerprint density at radius 3 is 2.04 bits per heavy atom. The number of alkyl halides is 5. The standard InChI is InChI=1S/C10H11F5O7S/c1-3-6(16)21-5(2)4-7(17)22-8(9(11,12)13)10(14,15)23(18,19)20/h3,5,8H,1,4H2,2H3,(H,18,19,20)/p-1. The molecule has 0 aromatic heterocycles. The van der Waals surface area contributed by atoms with Crippen molar-refractivity contribution in [2.45, 2.75) is 37.0 Å². The van der Waals surface area contributed by atoms with E-state index in [0.717, 1.165) is 6.92 Å². The van der Waals surface area contributed by atoms with E-state index in [2.05, 4.69) is 16.1 Å². The zero-order valence-corrected chi connectivity index (χ0v) is 12.1. The molecule has 0 saturated heterocycles. The van der Waals surface area contributed by atoms with E-state index in [1.54, 1.807) is 0 Å². The maximum Gasteiger partial charge on any atom is 0.432 e. The van der Waals surface area contributed by atoms with Crippen LogP contribution in [0.15, 0.2) is 12.7 Å². The van der Waals surface area contributed by atoms with Gasteiger partial charge in [0, 0.05) is 6.08 Å². The molecular weight excluding hydrogens is 359 g/mol. The van der Waals surface area contributed by atoms with Crippen molar-refractivity contribution in [3.63, 3.8) is 0 Å². The minimum atomic E-state index is -6.76. The van der Waals surface area contributed by atoms with E-state index in [4.69, 9.17) is 0 Å². The Bertz CT molecular complexity index is 569. The monoisotopic (exact) mass is 369 g/mol. The molecule has 0 spiro atoms. The Labute approximate surface area is 126 Å². The lowest BCUT2D eigenvalue weighted by molar-refractivity contribution is -0.259. The lowest BCUT2D eigenvalue weighted by atomic mass is 10.3. The Morgan fingerprint density at radius 1 is 1.22 bits per heavy atom. The molecule has 2 unspecified atom stereocenters. The molecule has 0 aromatic rings. The SMILES string of the molecule is C=CC(=O)OC(C)CC(=O)OC(C(F)(F)F)C(F)(F)S(=O)(=O)[O-]. The second-order valence-electron chi connectivity index (χ2n) is 4.08. The first-order valence-corrected chi connectivity index (χ1v) is 6.96. The third-order valence-electron chi connectivity index (χ3n) is 2.12. The van der Waals surface area contributed by atoms with Crippen LogP contribution in [0.3, 0.4) is 0 Å². The van der Waals surface area contributed by atoms with Crippen molar-refractivity contribution >= 4 is 22.1 Å². The Hall–Kier alpha value is -1.76. The van der Waals surface area contributed by atoms with Crippen LogP contribution in [0, 0.1) is 0 Å². The third-order valence-corrected chi connectivity index (χ3v) is 3.00. The molecule has 2 atom stereocenters. The number of hydrogen-bond acceptors (Lipinski definition) is 7. The van der Waals surface area contributed by atoms with Gasteiger partial charge in [-0.3, -0.25) is 4.79 Å². The van der Waals surface area contributed by atoms with E-state index < -0.39 is 52.1 Å². The van der Waals surface area contributed by atoms with Gasteiger partial charge in [-0.05, 0) is 6.92 Å². The van der Waals surface area contributed by atoms with Crippen molar-refractivity contribution < 1.29 is 54.0 Å². The number of rotatable bonds is 7. The fourth-order valence-corrected chi connectivity index (χ4v) is 1.60. The highest BCUT2D eigenvalue weighted by Crippen LogP contribution is 2.38. The van der Waals surface area contributed by atoms with Crippen molar-refractivity contribution in [3.05, 3.63) is 12.7 Å². The average molecular weight is 369 g/mol. The van der Waals surface area contributed by atoms with E-state index >= 15 is 0 Å². The van der Waals surface area contributed by atoms with Crippen LogP contribution in [-0.2, 0) is 29.2 Å². The average Bonchev–Trinajstić information content (AvgIpc) is 2.32. The minimum Gasteiger partial charge on any atom is -0.743 e. The molecule has 23 heavy (non-hydrogen) atoms. The van der Waals surface area contributed by atoms with Gasteiger partial charge in [-0.15, -0.1) is 0 Å². The van der Waals surface area contributed by atoms with E-state index in [-0.39, 0.29) is 0 Å². The summed E-state index contributed by atoms with van der Waals surface area (Å²) >= 11 is 0. The smallest absolute Gasteiger partial charge is 0.432 e. The normalized spacial score (nSPS) is 15.4. The largest absolute Gasteiger partial charge is 0.743 e. The van der Waals surface area contributed by atoms with Crippen LogP contribution in [0.25, 0.3) is 0 Å². The second-order valence-corrected chi connectivity index (χ2v) is 5.54. The van der Waals surface area contributed by atoms with E-state index in [0.29, 0.717) is 6.08 Å². The van der Waals surface area contributed by atoms with E-state index in [1.807, 2.05) is 0 Å². The highest BCUT2D eigenvalue weighted by molar-refractivity contribution is 7.86. The van der Waals surface area contributed by atoms with Crippen LogP contribution in [0.2, 0.25) is 0 Å². The van der Waals surface area contributed by atoms with Crippen LogP contribution in [0.5, 0.6) is 0 Å². The summed E-state index contributed by atoms with van der Waals surface area (Å²) in [6.07, 6.45) is -12.3. The molecule has 0 aliphatic rings. The molecule has 0 saturated carbocycles. The molecule has 134 valence electrons. The van der Waals surface area contributed by atoms with Crippen molar-refractivity contribution in [3.8, 4) is 0 Å². The topological polar surface area (TPSA) is 110 Å². The maximum absolute atomic E-state index is 13.1. The quantitative estimate of drug-likeness (QED) is 0.286. The van der Waals surface area contributed by atoms with Crippen LogP contribution in [-0.4, -0.2) is 48.5 Å². The summed E-state index contributed by atoms with van der Waals surface area (Å²) in [7, 11) is -6.76. The highest BCUT2D eigenvalue weighted by Gasteiger charge is 2.62. The van der Waals surface area contributed by atoms with Crippen LogP contribution < -0.4 is 0 Å². The summed E-state index contributed by atoms with van der Waals surface area (Å²) in [5.41, 5.74) is 0. The van der Waals surface area contributed by atoms with Crippen molar-refractivity contribution in [1.82, 2.24) is 0 Å². The van der Waals surface area contributed by atoms with Crippen LogP contribution in [0.1, 0.15) is 13.3 Å². The van der Waals surface area contributed by atoms with Gasteiger partial charge >= 0.3 is 23.4 Å². The Balaban J connectivity index is 5.19. The minimum absolute atomic E-state index is 0.665. The van der Waals surface area contributed by atoms with Crippen molar-refractivity contribution in [2.24, 2.45) is 0 Å². The third kappa shape index (κ3) is 6.09. The maximum atomic E-state index is 13.1. The molecule has 7 nitrogen and oxygen atoms in total. The van der Waals surface area contributed by atoms with Crippen LogP contribution in [0.4, 0.5) is 22.0 Å². The van der Waals surface area contributed by atoms with Gasteiger partial charge in [0.1, 0.15) is 6.10 Å². The fourth-order valence-electron chi connectivity index (χ4n) is 1.16. The summed E-state index contributed by atoms with van der Waals surface area (Å²) in [6, 6.07) is 0. The molecule has 13 heteroatoms. The molecule has 0 bridgehead atoms. The van der Waals surface area contributed by atoms with Gasteiger partial charge in [-0.25, -0.2) is 13.2 Å². The van der Waals surface area contributed by atoms with Gasteiger partial charge in [0.15, 0.2) is 10.1 Å². The van der Waals surface area contributed by atoms with Crippen molar-refractivity contribution in [1.29, 1.82) is 0 Å². The molecule has 0 aliphatic heterocycles. The van der Waals surface area contributed by atoms with Gasteiger partial charge in [0.25, 0.3) is 6.10 Å². The number of carbonyl (C=O) groups is 2.